The van der Waals surface area contributed by atoms with Crippen LogP contribution in [-0.2, 0) is 0 Å². The second-order valence-corrected chi connectivity index (χ2v) is 7.11. The molecule has 3 N–H and O–H groups in total. The highest BCUT2D eigenvalue weighted by Crippen LogP contribution is 2.34. The number of nitriles is 1. The van der Waals surface area contributed by atoms with Crippen molar-refractivity contribution in [3.05, 3.63) is 89.9 Å². The molecule has 0 fully saturated rings. The molecular weight excluding hydrogens is 423 g/mol. The molecule has 0 saturated carbocycles. The molecule has 0 saturated heterocycles. The molecule has 0 spiro atoms. The smallest absolute Gasteiger partial charge is 0.223 e. The van der Waals surface area contributed by atoms with Gasteiger partial charge in [0.1, 0.15) is 18.2 Å². The van der Waals surface area contributed by atoms with Crippen molar-refractivity contribution in [2.45, 2.75) is 6.10 Å². The number of aliphatic hydroxyl groups excluding tert-OH is 1. The Hall–Kier alpha value is -4.75. The normalized spacial score (nSPS) is 11.9. The van der Waals surface area contributed by atoms with Crippen LogP contribution in [0.5, 0.6) is 0 Å². The van der Waals surface area contributed by atoms with Crippen LogP contribution < -0.4 is 5.73 Å². The van der Waals surface area contributed by atoms with Crippen molar-refractivity contribution in [3.63, 3.8) is 0 Å². The van der Waals surface area contributed by atoms with Crippen molar-refractivity contribution in [2.75, 3.05) is 5.73 Å². The van der Waals surface area contributed by atoms with E-state index in [1.54, 1.807) is 42.6 Å². The highest BCUT2D eigenvalue weighted by Gasteiger charge is 2.25. The average Bonchev–Trinajstić information content (AvgIpc) is 3.30. The topological polar surface area (TPSA) is 139 Å². The van der Waals surface area contributed by atoms with Gasteiger partial charge < -0.3 is 10.8 Å². The molecular formula is C23H15FN8O. The zero-order chi connectivity index (χ0) is 22.9. The number of aliphatic hydroxyl groups is 1. The van der Waals surface area contributed by atoms with Gasteiger partial charge in [-0.05, 0) is 24.3 Å². The van der Waals surface area contributed by atoms with E-state index >= 15 is 0 Å². The van der Waals surface area contributed by atoms with E-state index < -0.39 is 11.9 Å². The zero-order valence-corrected chi connectivity index (χ0v) is 17.0. The lowest BCUT2D eigenvalue weighted by Gasteiger charge is -2.11. The van der Waals surface area contributed by atoms with Gasteiger partial charge in [0.05, 0.1) is 28.6 Å². The van der Waals surface area contributed by atoms with Gasteiger partial charge in [-0.25, -0.2) is 24.3 Å². The van der Waals surface area contributed by atoms with Crippen LogP contribution in [0.15, 0.2) is 67.1 Å². The van der Waals surface area contributed by atoms with Crippen LogP contribution in [0.2, 0.25) is 0 Å². The van der Waals surface area contributed by atoms with Crippen molar-refractivity contribution in [3.8, 4) is 28.6 Å². The third-order valence-corrected chi connectivity index (χ3v) is 5.07. The van der Waals surface area contributed by atoms with Gasteiger partial charge in [-0.3, -0.25) is 0 Å². The predicted molar refractivity (Wildman–Crippen MR) is 117 cm³/mol. The van der Waals surface area contributed by atoms with Gasteiger partial charge in [-0.15, -0.1) is 5.10 Å². The number of nitrogen functional groups attached to an aromatic ring is 1. The van der Waals surface area contributed by atoms with Gasteiger partial charge in [0.15, 0.2) is 11.5 Å². The lowest BCUT2D eigenvalue weighted by atomic mass is 10.0. The molecule has 0 aliphatic heterocycles. The van der Waals surface area contributed by atoms with Gasteiger partial charge in [0, 0.05) is 17.3 Å². The minimum Gasteiger partial charge on any atom is -0.380 e. The van der Waals surface area contributed by atoms with Crippen LogP contribution in [0.3, 0.4) is 0 Å². The molecule has 5 aromatic rings. The highest BCUT2D eigenvalue weighted by atomic mass is 19.1. The number of fused-ring (bicyclic) bond motifs is 1. The summed E-state index contributed by atoms with van der Waals surface area (Å²) in [5.74, 6) is -0.633. The Labute approximate surface area is 186 Å². The van der Waals surface area contributed by atoms with Crippen LogP contribution >= 0.6 is 0 Å². The number of halogens is 1. The number of rotatable bonds is 4. The first-order valence-corrected chi connectivity index (χ1v) is 9.82. The molecule has 0 radical (unpaired) electrons. The third-order valence-electron chi connectivity index (χ3n) is 5.07. The third kappa shape index (κ3) is 3.52. The number of hydrogen-bond donors (Lipinski definition) is 2. The van der Waals surface area contributed by atoms with Gasteiger partial charge in [-0.1, -0.05) is 30.3 Å². The maximum Gasteiger partial charge on any atom is 0.223 e. The van der Waals surface area contributed by atoms with Gasteiger partial charge in [0.25, 0.3) is 0 Å². The average molecular weight is 438 g/mol. The molecule has 0 amide bonds. The molecule has 3 heterocycles. The number of benzene rings is 2. The van der Waals surface area contributed by atoms with Crippen molar-refractivity contribution >= 4 is 11.6 Å². The number of anilines is 1. The van der Waals surface area contributed by atoms with E-state index in [-0.39, 0.29) is 23.0 Å². The lowest BCUT2D eigenvalue weighted by Crippen LogP contribution is -2.07. The second kappa shape index (κ2) is 8.07. The SMILES string of the molecule is N#Cc1cccc(-c2nc(N)n3nc(C(O)c4ccccc4F)nc3c2-c2ccncn2)c1. The maximum atomic E-state index is 14.3. The fraction of sp³-hybridized carbons (Fsp3) is 0.0435. The molecule has 0 aliphatic rings. The van der Waals surface area contributed by atoms with Gasteiger partial charge in [-0.2, -0.15) is 9.78 Å². The second-order valence-electron chi connectivity index (χ2n) is 7.11. The molecule has 9 nitrogen and oxygen atoms in total. The first kappa shape index (κ1) is 20.2. The van der Waals surface area contributed by atoms with E-state index in [2.05, 4.69) is 31.1 Å². The first-order chi connectivity index (χ1) is 16.1. The van der Waals surface area contributed by atoms with Crippen molar-refractivity contribution < 1.29 is 9.50 Å². The maximum absolute atomic E-state index is 14.3. The molecule has 5 rings (SSSR count). The van der Waals surface area contributed by atoms with Crippen molar-refractivity contribution in [1.82, 2.24) is 29.5 Å². The summed E-state index contributed by atoms with van der Waals surface area (Å²) >= 11 is 0. The summed E-state index contributed by atoms with van der Waals surface area (Å²) in [7, 11) is 0. The summed E-state index contributed by atoms with van der Waals surface area (Å²) in [5, 5.41) is 24.4. The Kier molecular flexibility index (Phi) is 4.93. The van der Waals surface area contributed by atoms with Crippen LogP contribution in [0.4, 0.5) is 10.3 Å². The highest BCUT2D eigenvalue weighted by molar-refractivity contribution is 5.89. The Bertz CT molecular complexity index is 1530. The number of nitrogens with two attached hydrogens (primary N) is 1. The molecule has 10 heteroatoms. The van der Waals surface area contributed by atoms with E-state index in [1.807, 2.05) is 0 Å². The van der Waals surface area contributed by atoms with Gasteiger partial charge >= 0.3 is 0 Å². The summed E-state index contributed by atoms with van der Waals surface area (Å²) in [5.41, 5.74) is 8.94. The monoisotopic (exact) mass is 438 g/mol. The molecule has 0 bridgehead atoms. The number of hydrogen-bond acceptors (Lipinski definition) is 8. The molecule has 1 atom stereocenters. The van der Waals surface area contributed by atoms with E-state index in [0.717, 1.165) is 0 Å². The quantitative estimate of drug-likeness (QED) is 0.437. The minimum absolute atomic E-state index is 0.000324. The molecule has 160 valence electrons. The van der Waals surface area contributed by atoms with Crippen LogP contribution in [0.1, 0.15) is 23.1 Å². The fourth-order valence-corrected chi connectivity index (χ4v) is 3.54. The Balaban J connectivity index is 1.79. The van der Waals surface area contributed by atoms with Crippen LogP contribution in [0, 0.1) is 17.1 Å². The largest absolute Gasteiger partial charge is 0.380 e. The molecule has 33 heavy (non-hydrogen) atoms. The van der Waals surface area contributed by atoms with Crippen LogP contribution in [0.25, 0.3) is 28.2 Å². The fourth-order valence-electron chi connectivity index (χ4n) is 3.54. The number of aromatic nitrogens is 6. The van der Waals surface area contributed by atoms with E-state index in [1.165, 1.54) is 29.0 Å². The molecule has 0 aliphatic carbocycles. The summed E-state index contributed by atoms with van der Waals surface area (Å²) in [6.07, 6.45) is 1.52. The Morgan fingerprint density at radius 3 is 2.70 bits per heavy atom. The minimum atomic E-state index is -1.42. The van der Waals surface area contributed by atoms with Crippen LogP contribution in [-0.4, -0.2) is 34.7 Å². The summed E-state index contributed by atoms with van der Waals surface area (Å²) < 4.78 is 15.5. The van der Waals surface area contributed by atoms with E-state index in [9.17, 15) is 14.8 Å². The summed E-state index contributed by atoms with van der Waals surface area (Å²) in [6, 6.07) is 16.5. The molecule has 2 aromatic carbocycles. The molecule has 1 unspecified atom stereocenters. The van der Waals surface area contributed by atoms with Gasteiger partial charge in [0.2, 0.25) is 5.95 Å². The van der Waals surface area contributed by atoms with E-state index in [4.69, 9.17) is 5.73 Å². The molecule has 3 aromatic heterocycles. The zero-order valence-electron chi connectivity index (χ0n) is 17.0. The lowest BCUT2D eigenvalue weighted by molar-refractivity contribution is 0.205. The summed E-state index contributed by atoms with van der Waals surface area (Å²) in [6.45, 7) is 0. The van der Waals surface area contributed by atoms with E-state index in [0.29, 0.717) is 28.1 Å². The predicted octanol–water partition coefficient (Wildman–Crippen LogP) is 2.92. The standard InChI is InChI=1S/C23H15FN8O/c24-16-7-2-1-6-15(16)20(33)21-30-22-18(17-8-9-27-12-28-17)19(29-23(26)32(22)31-21)14-5-3-4-13(10-14)11-25/h1-10,12,20,33H,(H2,26,29). The number of nitrogens with zero attached hydrogens (tertiary/aromatic N) is 7. The first-order valence-electron chi connectivity index (χ1n) is 9.82. The van der Waals surface area contributed by atoms with Crippen molar-refractivity contribution in [2.24, 2.45) is 0 Å². The Morgan fingerprint density at radius 2 is 1.94 bits per heavy atom. The summed E-state index contributed by atoms with van der Waals surface area (Å²) in [4.78, 5) is 17.3. The van der Waals surface area contributed by atoms with Crippen molar-refractivity contribution in [1.29, 1.82) is 5.26 Å². The Morgan fingerprint density at radius 1 is 1.09 bits per heavy atom.